The molecule has 0 aliphatic rings. The first-order valence-electron chi connectivity index (χ1n) is 6.40. The van der Waals surface area contributed by atoms with Crippen molar-refractivity contribution in [2.75, 3.05) is 0 Å². The van der Waals surface area contributed by atoms with Gasteiger partial charge >= 0.3 is 0 Å². The average molecular weight is 284 g/mol. The topological polar surface area (TPSA) is 87.8 Å². The van der Waals surface area contributed by atoms with Crippen LogP contribution in [0.15, 0.2) is 11.2 Å². The zero-order valence-electron chi connectivity index (χ0n) is 11.5. The number of aryl methyl sites for hydroxylation is 2. The molecule has 0 saturated heterocycles. The summed E-state index contributed by atoms with van der Waals surface area (Å²) in [6.07, 6.45) is 3.65. The van der Waals surface area contributed by atoms with Crippen molar-refractivity contribution in [2.45, 2.75) is 57.6 Å². The van der Waals surface area contributed by atoms with E-state index in [-0.39, 0.29) is 5.03 Å². The minimum atomic E-state index is -3.72. The molecule has 0 spiro atoms. The van der Waals surface area contributed by atoms with E-state index in [1.807, 2.05) is 19.9 Å². The van der Waals surface area contributed by atoms with E-state index in [0.29, 0.717) is 12.2 Å². The second-order valence-corrected chi connectivity index (χ2v) is 6.07. The molecule has 1 atom stereocenters. The van der Waals surface area contributed by atoms with Crippen LogP contribution >= 0.6 is 0 Å². The molecule has 1 rings (SSSR count). The highest BCUT2D eigenvalue weighted by Crippen LogP contribution is 2.11. The Balaban J connectivity index is 2.94. The van der Waals surface area contributed by atoms with E-state index in [2.05, 4.69) is 9.71 Å². The van der Waals surface area contributed by atoms with Crippen LogP contribution in [0.4, 0.5) is 0 Å². The molecule has 1 unspecified atom stereocenters. The number of hydrogen-bond acceptors (Lipinski definition) is 4. The minimum Gasteiger partial charge on any atom is -0.334 e. The quantitative estimate of drug-likeness (QED) is 0.823. The molecule has 0 aromatic carbocycles. The molecule has 0 saturated carbocycles. The molecule has 19 heavy (non-hydrogen) atoms. The lowest BCUT2D eigenvalue weighted by Crippen LogP contribution is -2.33. The van der Waals surface area contributed by atoms with Crippen molar-refractivity contribution in [1.82, 2.24) is 14.3 Å². The third-order valence-electron chi connectivity index (χ3n) is 2.72. The van der Waals surface area contributed by atoms with E-state index in [0.717, 1.165) is 19.4 Å². The fraction of sp³-hybridized carbons (Fsp3) is 0.667. The largest absolute Gasteiger partial charge is 0.334 e. The Morgan fingerprint density at radius 2 is 2.16 bits per heavy atom. The SMILES string of the molecule is CCCC(C#N)NS(=O)(=O)c1cn(CCC)c(C)n1. The van der Waals surface area contributed by atoms with Crippen molar-refractivity contribution < 1.29 is 8.42 Å². The molecule has 0 radical (unpaired) electrons. The molecule has 0 fully saturated rings. The number of imidazole rings is 1. The monoisotopic (exact) mass is 284 g/mol. The third kappa shape index (κ3) is 4.04. The number of nitrogens with one attached hydrogen (secondary N) is 1. The van der Waals surface area contributed by atoms with Gasteiger partial charge in [-0.15, -0.1) is 0 Å². The first kappa shape index (κ1) is 15.7. The molecule has 1 heterocycles. The molecular formula is C12H20N4O2S. The van der Waals surface area contributed by atoms with E-state index < -0.39 is 16.1 Å². The normalized spacial score (nSPS) is 13.2. The van der Waals surface area contributed by atoms with Crippen LogP contribution in [0.1, 0.15) is 38.9 Å². The highest BCUT2D eigenvalue weighted by atomic mass is 32.2. The maximum Gasteiger partial charge on any atom is 0.260 e. The van der Waals surface area contributed by atoms with Gasteiger partial charge in [0.2, 0.25) is 0 Å². The summed E-state index contributed by atoms with van der Waals surface area (Å²) in [4.78, 5) is 4.05. The summed E-state index contributed by atoms with van der Waals surface area (Å²) in [6.45, 7) is 6.41. The Kier molecular flexibility index (Phi) is 5.51. The number of rotatable bonds is 7. The molecule has 6 nitrogen and oxygen atoms in total. The Bertz CT molecular complexity index is 557. The van der Waals surface area contributed by atoms with Crippen LogP contribution in [0.5, 0.6) is 0 Å². The van der Waals surface area contributed by atoms with Gasteiger partial charge in [-0.2, -0.15) is 9.98 Å². The van der Waals surface area contributed by atoms with Crippen molar-refractivity contribution in [3.63, 3.8) is 0 Å². The second-order valence-electron chi connectivity index (χ2n) is 4.41. The summed E-state index contributed by atoms with van der Waals surface area (Å²) in [7, 11) is -3.72. The molecule has 7 heteroatoms. The zero-order chi connectivity index (χ0) is 14.5. The molecule has 1 N–H and O–H groups in total. The molecule has 1 aromatic heterocycles. The highest BCUT2D eigenvalue weighted by molar-refractivity contribution is 7.89. The summed E-state index contributed by atoms with van der Waals surface area (Å²) in [5, 5.41) is 8.89. The van der Waals surface area contributed by atoms with Gasteiger partial charge in [-0.05, 0) is 19.8 Å². The first-order chi connectivity index (χ1) is 8.94. The number of aromatic nitrogens is 2. The van der Waals surface area contributed by atoms with Crippen LogP contribution in [-0.2, 0) is 16.6 Å². The standard InChI is InChI=1S/C12H20N4O2S/c1-4-6-11(8-13)15-19(17,18)12-9-16(7-5-2)10(3)14-12/h9,11,15H,4-7H2,1-3H3. The molecule has 0 bridgehead atoms. The predicted molar refractivity (Wildman–Crippen MR) is 71.9 cm³/mol. The van der Waals surface area contributed by atoms with Crippen LogP contribution in [0, 0.1) is 18.3 Å². The summed E-state index contributed by atoms with van der Waals surface area (Å²) >= 11 is 0. The summed E-state index contributed by atoms with van der Waals surface area (Å²) in [6, 6.07) is 1.25. The van der Waals surface area contributed by atoms with Crippen molar-refractivity contribution in [1.29, 1.82) is 5.26 Å². The van der Waals surface area contributed by atoms with Gasteiger partial charge in [-0.3, -0.25) is 0 Å². The number of sulfonamides is 1. The fourth-order valence-electron chi connectivity index (χ4n) is 1.76. The van der Waals surface area contributed by atoms with Crippen LogP contribution in [-0.4, -0.2) is 24.0 Å². The second kappa shape index (κ2) is 6.68. The third-order valence-corrected chi connectivity index (χ3v) is 4.07. The van der Waals surface area contributed by atoms with Gasteiger partial charge in [0.1, 0.15) is 11.9 Å². The summed E-state index contributed by atoms with van der Waals surface area (Å²) in [5.74, 6) is 0.659. The van der Waals surface area contributed by atoms with Gasteiger partial charge < -0.3 is 4.57 Å². The number of nitriles is 1. The van der Waals surface area contributed by atoms with Gasteiger partial charge in [0.05, 0.1) is 6.07 Å². The van der Waals surface area contributed by atoms with Crippen LogP contribution in [0.25, 0.3) is 0 Å². The van der Waals surface area contributed by atoms with Crippen LogP contribution < -0.4 is 4.72 Å². The van der Waals surface area contributed by atoms with Gasteiger partial charge in [-0.1, -0.05) is 20.3 Å². The molecule has 0 aliphatic heterocycles. The Hall–Kier alpha value is -1.39. The van der Waals surface area contributed by atoms with Crippen LogP contribution in [0.3, 0.4) is 0 Å². The van der Waals surface area contributed by atoms with Gasteiger partial charge in [0.25, 0.3) is 10.0 Å². The fourth-order valence-corrected chi connectivity index (χ4v) is 2.95. The average Bonchev–Trinajstić information content (AvgIpc) is 2.72. The van der Waals surface area contributed by atoms with E-state index in [9.17, 15) is 8.42 Å². The Morgan fingerprint density at radius 1 is 1.47 bits per heavy atom. The van der Waals surface area contributed by atoms with Crippen molar-refractivity contribution in [3.8, 4) is 6.07 Å². The number of hydrogen-bond donors (Lipinski definition) is 1. The van der Waals surface area contributed by atoms with Crippen LogP contribution in [0.2, 0.25) is 0 Å². The molecule has 0 aliphatic carbocycles. The van der Waals surface area contributed by atoms with E-state index in [1.165, 1.54) is 6.20 Å². The van der Waals surface area contributed by atoms with Crippen molar-refractivity contribution >= 4 is 10.0 Å². The maximum absolute atomic E-state index is 12.1. The minimum absolute atomic E-state index is 0.0187. The first-order valence-corrected chi connectivity index (χ1v) is 7.88. The lowest BCUT2D eigenvalue weighted by atomic mass is 10.2. The molecule has 1 aromatic rings. The summed E-state index contributed by atoms with van der Waals surface area (Å²) < 4.78 is 28.4. The lowest BCUT2D eigenvalue weighted by Gasteiger charge is -2.09. The van der Waals surface area contributed by atoms with E-state index in [4.69, 9.17) is 5.26 Å². The maximum atomic E-state index is 12.1. The Labute approximate surface area is 114 Å². The van der Waals surface area contributed by atoms with Crippen molar-refractivity contribution in [3.05, 3.63) is 12.0 Å². The Morgan fingerprint density at radius 3 is 2.68 bits per heavy atom. The van der Waals surface area contributed by atoms with E-state index in [1.54, 1.807) is 11.5 Å². The lowest BCUT2D eigenvalue weighted by molar-refractivity contribution is 0.559. The van der Waals surface area contributed by atoms with Gasteiger partial charge in [-0.25, -0.2) is 13.4 Å². The molecule has 106 valence electrons. The summed E-state index contributed by atoms with van der Waals surface area (Å²) in [5.41, 5.74) is 0. The predicted octanol–water partition coefficient (Wildman–Crippen LogP) is 1.57. The highest BCUT2D eigenvalue weighted by Gasteiger charge is 2.22. The zero-order valence-corrected chi connectivity index (χ0v) is 12.4. The van der Waals surface area contributed by atoms with E-state index >= 15 is 0 Å². The molecule has 0 amide bonds. The number of nitrogens with zero attached hydrogens (tertiary/aromatic N) is 3. The smallest absolute Gasteiger partial charge is 0.260 e. The van der Waals surface area contributed by atoms with Crippen molar-refractivity contribution in [2.24, 2.45) is 0 Å². The van der Waals surface area contributed by atoms with Gasteiger partial charge in [0, 0.05) is 12.7 Å². The van der Waals surface area contributed by atoms with Gasteiger partial charge in [0.15, 0.2) is 5.03 Å². The molecular weight excluding hydrogens is 264 g/mol.